The summed E-state index contributed by atoms with van der Waals surface area (Å²) in [5, 5.41) is 0. The maximum Gasteiger partial charge on any atom is 0.335 e. The zero-order chi connectivity index (χ0) is 16.4. The van der Waals surface area contributed by atoms with E-state index in [4.69, 9.17) is 9.47 Å². The summed E-state index contributed by atoms with van der Waals surface area (Å²) in [7, 11) is 0. The molecule has 0 amide bonds. The lowest BCUT2D eigenvalue weighted by atomic mass is 9.90. The molecule has 22 heavy (non-hydrogen) atoms. The molecule has 1 aromatic carbocycles. The van der Waals surface area contributed by atoms with Crippen LogP contribution in [0.4, 0.5) is 0 Å². The van der Waals surface area contributed by atoms with Crippen molar-refractivity contribution in [2.45, 2.75) is 40.5 Å². The summed E-state index contributed by atoms with van der Waals surface area (Å²) in [6.45, 7) is 9.91. The average Bonchev–Trinajstić information content (AvgIpc) is 2.77. The second-order valence-electron chi connectivity index (χ2n) is 5.41. The van der Waals surface area contributed by atoms with E-state index >= 15 is 0 Å². The van der Waals surface area contributed by atoms with E-state index in [1.807, 2.05) is 32.9 Å². The van der Waals surface area contributed by atoms with Gasteiger partial charge >= 0.3 is 11.9 Å². The molecule has 2 rings (SSSR count). The fourth-order valence-corrected chi connectivity index (χ4v) is 2.98. The van der Waals surface area contributed by atoms with Gasteiger partial charge in [-0.2, -0.15) is 0 Å². The molecule has 0 saturated carbocycles. The molecule has 0 aromatic heterocycles. The smallest absolute Gasteiger partial charge is 0.335 e. The van der Waals surface area contributed by atoms with Crippen LogP contribution in [0.3, 0.4) is 0 Å². The van der Waals surface area contributed by atoms with Crippen LogP contribution in [0.5, 0.6) is 0 Å². The number of esters is 2. The maximum atomic E-state index is 12.5. The van der Waals surface area contributed by atoms with E-state index in [1.54, 1.807) is 13.8 Å². The molecule has 0 saturated heterocycles. The van der Waals surface area contributed by atoms with Crippen LogP contribution < -0.4 is 0 Å². The average molecular weight is 302 g/mol. The first kappa shape index (κ1) is 16.3. The topological polar surface area (TPSA) is 52.6 Å². The van der Waals surface area contributed by atoms with Crippen LogP contribution in [-0.4, -0.2) is 25.2 Å². The Morgan fingerprint density at radius 3 is 2.27 bits per heavy atom. The van der Waals surface area contributed by atoms with Gasteiger partial charge in [0, 0.05) is 0 Å². The zero-order valence-corrected chi connectivity index (χ0v) is 13.8. The van der Waals surface area contributed by atoms with Crippen LogP contribution in [0.1, 0.15) is 48.9 Å². The minimum Gasteiger partial charge on any atom is -0.465 e. The lowest BCUT2D eigenvalue weighted by molar-refractivity contribution is -0.147. The molecular formula is C18H22O4. The predicted molar refractivity (Wildman–Crippen MR) is 84.5 cm³/mol. The van der Waals surface area contributed by atoms with Gasteiger partial charge in [-0.05, 0) is 62.4 Å². The van der Waals surface area contributed by atoms with Crippen LogP contribution >= 0.6 is 0 Å². The fraction of sp³-hybridized carbons (Fsp3) is 0.444. The Labute approximate surface area is 131 Å². The van der Waals surface area contributed by atoms with Crippen molar-refractivity contribution in [3.8, 4) is 0 Å². The Kier molecular flexibility index (Phi) is 4.69. The van der Waals surface area contributed by atoms with Crippen molar-refractivity contribution in [3.05, 3.63) is 40.0 Å². The Hall–Kier alpha value is -2.10. The number of benzene rings is 1. The van der Waals surface area contributed by atoms with Gasteiger partial charge in [-0.3, -0.25) is 4.79 Å². The summed E-state index contributed by atoms with van der Waals surface area (Å²) >= 11 is 0. The molecule has 0 aliphatic heterocycles. The summed E-state index contributed by atoms with van der Waals surface area (Å²) in [5.41, 5.74) is 5.13. The maximum absolute atomic E-state index is 12.5. The van der Waals surface area contributed by atoms with E-state index in [9.17, 15) is 9.59 Å². The first-order valence-corrected chi connectivity index (χ1v) is 7.58. The first-order chi connectivity index (χ1) is 10.4. The van der Waals surface area contributed by atoms with Gasteiger partial charge in [-0.1, -0.05) is 12.1 Å². The molecule has 4 nitrogen and oxygen atoms in total. The van der Waals surface area contributed by atoms with Crippen molar-refractivity contribution >= 4 is 17.5 Å². The van der Waals surface area contributed by atoms with E-state index in [0.29, 0.717) is 5.57 Å². The van der Waals surface area contributed by atoms with Gasteiger partial charge in [0.2, 0.25) is 0 Å². The number of ether oxygens (including phenoxy) is 2. The number of carbonyl (C=O) groups excluding carboxylic acids is 2. The van der Waals surface area contributed by atoms with Crippen LogP contribution in [0.15, 0.2) is 17.7 Å². The molecule has 1 aromatic rings. The molecule has 1 aliphatic rings. The van der Waals surface area contributed by atoms with E-state index in [2.05, 4.69) is 0 Å². The van der Waals surface area contributed by atoms with Crippen molar-refractivity contribution in [2.75, 3.05) is 13.2 Å². The summed E-state index contributed by atoms with van der Waals surface area (Å²) in [4.78, 5) is 24.8. The van der Waals surface area contributed by atoms with Gasteiger partial charge in [0.25, 0.3) is 0 Å². The van der Waals surface area contributed by atoms with Gasteiger partial charge in [-0.25, -0.2) is 4.79 Å². The number of hydrogen-bond acceptors (Lipinski definition) is 4. The molecule has 4 heteroatoms. The van der Waals surface area contributed by atoms with Crippen molar-refractivity contribution in [2.24, 2.45) is 0 Å². The lowest BCUT2D eigenvalue weighted by Gasteiger charge is -2.17. The predicted octanol–water partition coefficient (Wildman–Crippen LogP) is 3.30. The molecule has 1 aliphatic carbocycles. The van der Waals surface area contributed by atoms with Gasteiger partial charge < -0.3 is 9.47 Å². The van der Waals surface area contributed by atoms with Crippen LogP contribution in [-0.2, 0) is 19.1 Å². The third-order valence-corrected chi connectivity index (χ3v) is 4.19. The number of aryl methyl sites for hydroxylation is 1. The second-order valence-corrected chi connectivity index (χ2v) is 5.41. The normalized spacial score (nSPS) is 16.5. The molecule has 0 bridgehead atoms. The highest BCUT2D eigenvalue weighted by Gasteiger charge is 2.41. The van der Waals surface area contributed by atoms with Gasteiger partial charge in [0.05, 0.1) is 18.8 Å². The summed E-state index contributed by atoms with van der Waals surface area (Å²) < 4.78 is 10.4. The van der Waals surface area contributed by atoms with Crippen molar-refractivity contribution in [1.82, 2.24) is 0 Å². The number of hydrogen-bond donors (Lipinski definition) is 0. The highest BCUT2D eigenvalue weighted by atomic mass is 16.5. The summed E-state index contributed by atoms with van der Waals surface area (Å²) in [5.74, 6) is -1.52. The van der Waals surface area contributed by atoms with Crippen LogP contribution in [0.2, 0.25) is 0 Å². The lowest BCUT2D eigenvalue weighted by Crippen LogP contribution is -2.22. The quantitative estimate of drug-likeness (QED) is 0.801. The molecule has 118 valence electrons. The van der Waals surface area contributed by atoms with E-state index in [0.717, 1.165) is 27.8 Å². The number of rotatable bonds is 4. The van der Waals surface area contributed by atoms with Crippen LogP contribution in [0, 0.1) is 13.8 Å². The second kappa shape index (κ2) is 6.34. The van der Waals surface area contributed by atoms with Gasteiger partial charge in [0.1, 0.15) is 5.92 Å². The highest BCUT2D eigenvalue weighted by molar-refractivity contribution is 6.09. The molecule has 1 unspecified atom stereocenters. The van der Waals surface area contributed by atoms with Gasteiger partial charge in [-0.15, -0.1) is 0 Å². The van der Waals surface area contributed by atoms with E-state index in [1.165, 1.54) is 0 Å². The van der Waals surface area contributed by atoms with Crippen molar-refractivity contribution in [1.29, 1.82) is 0 Å². The first-order valence-electron chi connectivity index (χ1n) is 7.58. The Balaban J connectivity index is 2.62. The SMILES string of the molecule is CCOC(=O)C1=C(C)c2ccc(C)c(C)c2C1C(=O)OCC. The largest absolute Gasteiger partial charge is 0.465 e. The van der Waals surface area contributed by atoms with E-state index < -0.39 is 17.9 Å². The van der Waals surface area contributed by atoms with Crippen LogP contribution in [0.25, 0.3) is 5.57 Å². The Morgan fingerprint density at radius 1 is 1.05 bits per heavy atom. The van der Waals surface area contributed by atoms with E-state index in [-0.39, 0.29) is 13.2 Å². The Bertz CT molecular complexity index is 655. The minimum absolute atomic E-state index is 0.277. The monoisotopic (exact) mass is 302 g/mol. The number of fused-ring (bicyclic) bond motifs is 1. The Morgan fingerprint density at radius 2 is 1.68 bits per heavy atom. The molecule has 0 N–H and O–H groups in total. The highest BCUT2D eigenvalue weighted by Crippen LogP contribution is 2.45. The minimum atomic E-state index is -0.686. The third kappa shape index (κ3) is 2.54. The fourth-order valence-electron chi connectivity index (χ4n) is 2.98. The summed E-state index contributed by atoms with van der Waals surface area (Å²) in [6, 6.07) is 3.97. The molecular weight excluding hydrogens is 280 g/mol. The summed E-state index contributed by atoms with van der Waals surface area (Å²) in [6.07, 6.45) is 0. The molecule has 0 spiro atoms. The molecule has 0 heterocycles. The van der Waals surface area contributed by atoms with Gasteiger partial charge in [0.15, 0.2) is 0 Å². The standard InChI is InChI=1S/C18H22O4/c1-6-21-17(19)15-12(5)13-9-8-10(3)11(4)14(13)16(15)18(20)22-7-2/h8-9,16H,6-7H2,1-5H3. The molecule has 0 fully saturated rings. The number of allylic oxidation sites excluding steroid dienone is 1. The number of carbonyl (C=O) groups is 2. The molecule has 1 atom stereocenters. The third-order valence-electron chi connectivity index (χ3n) is 4.19. The molecule has 0 radical (unpaired) electrons. The van der Waals surface area contributed by atoms with Crippen molar-refractivity contribution < 1.29 is 19.1 Å². The zero-order valence-electron chi connectivity index (χ0n) is 13.8. The van der Waals surface area contributed by atoms with Crippen molar-refractivity contribution in [3.63, 3.8) is 0 Å².